The smallest absolute Gasteiger partial charge is 0.162 e. The first kappa shape index (κ1) is 34.6. The van der Waals surface area contributed by atoms with Gasteiger partial charge in [0.25, 0.3) is 0 Å². The van der Waals surface area contributed by atoms with Crippen molar-refractivity contribution in [3.05, 3.63) is 188 Å². The largest absolute Gasteiger partial charge is 0.497 e. The molecule has 55 heavy (non-hydrogen) atoms. The van der Waals surface area contributed by atoms with Gasteiger partial charge in [-0.15, -0.1) is 0 Å². The van der Waals surface area contributed by atoms with Crippen LogP contribution in [0.3, 0.4) is 0 Å². The van der Waals surface area contributed by atoms with E-state index in [0.29, 0.717) is 18.2 Å². The highest BCUT2D eigenvalue weighted by Gasteiger charge is 2.18. The first-order valence-electron chi connectivity index (χ1n) is 17.8. The van der Waals surface area contributed by atoms with Crippen molar-refractivity contribution in [2.75, 3.05) is 17.3 Å². The van der Waals surface area contributed by atoms with Gasteiger partial charge in [-0.25, -0.2) is 19.9 Å². The molecule has 0 aliphatic carbocycles. The van der Waals surface area contributed by atoms with Crippen molar-refractivity contribution in [2.24, 2.45) is 0 Å². The number of methoxy groups -OCH3 is 1. The van der Waals surface area contributed by atoms with E-state index in [4.69, 9.17) is 19.7 Å². The minimum atomic E-state index is 0.642. The minimum absolute atomic E-state index is 0.642. The molecule has 0 atom stereocenters. The molecular weight excluding hydrogens is 681 g/mol. The molecular formula is C46H36N8O. The Morgan fingerprint density at radius 2 is 1.04 bits per heavy atom. The quantitative estimate of drug-likeness (QED) is 0.156. The zero-order valence-electron chi connectivity index (χ0n) is 30.1. The number of nitrogens with one attached hydrogen (secondary N) is 1. The third-order valence-corrected chi connectivity index (χ3v) is 8.92. The van der Waals surface area contributed by atoms with Crippen LogP contribution >= 0.6 is 0 Å². The average Bonchev–Trinajstić information content (AvgIpc) is 3.27. The van der Waals surface area contributed by atoms with E-state index in [-0.39, 0.29) is 0 Å². The second-order valence-corrected chi connectivity index (χ2v) is 12.5. The lowest BCUT2D eigenvalue weighted by Crippen LogP contribution is -2.19. The second-order valence-electron chi connectivity index (χ2n) is 12.5. The number of rotatable bonds is 9. The summed E-state index contributed by atoms with van der Waals surface area (Å²) in [5.74, 6) is 3.90. The van der Waals surface area contributed by atoms with Crippen molar-refractivity contribution in [2.45, 2.75) is 6.54 Å². The van der Waals surface area contributed by atoms with Crippen LogP contribution in [0, 0.1) is 0 Å². The predicted octanol–water partition coefficient (Wildman–Crippen LogP) is 10.5. The third kappa shape index (κ3) is 8.11. The van der Waals surface area contributed by atoms with Gasteiger partial charge in [0.1, 0.15) is 17.4 Å². The van der Waals surface area contributed by atoms with Crippen molar-refractivity contribution in [1.29, 1.82) is 0 Å². The fourth-order valence-corrected chi connectivity index (χ4v) is 6.17. The maximum Gasteiger partial charge on any atom is 0.162 e. The number of hydrogen-bond donors (Lipinski definition) is 1. The summed E-state index contributed by atoms with van der Waals surface area (Å²) in [6, 6.07) is 52.2. The van der Waals surface area contributed by atoms with Crippen LogP contribution in [0.5, 0.6) is 5.75 Å². The standard InChI is InChI=1S/C27H22N4O.C19H14N4/c1-32-23-13-11-20(12-14-23)19-31(22-15-17-28-18-16-22)27-24-9-5-6-10-25(24)29-26(30-27)21-7-3-2-4-8-21;1-2-6-14(7-3-1)18-22-17-9-5-4-8-16(17)19(23-18)21-15-10-12-20-13-11-15/h2-18H,19H2,1H3;1-13H,(H,20,21,22,23). The lowest BCUT2D eigenvalue weighted by atomic mass is 10.1. The summed E-state index contributed by atoms with van der Waals surface area (Å²) in [7, 11) is 1.68. The number of aromatic nitrogens is 6. The number of ether oxygens (including phenoxy) is 1. The molecule has 9 nitrogen and oxygen atoms in total. The molecule has 4 aromatic heterocycles. The molecule has 0 amide bonds. The number of nitrogens with zero attached hydrogens (tertiary/aromatic N) is 7. The SMILES string of the molecule is COc1ccc(CN(c2ccncc2)c2nc(-c3ccccc3)nc3ccccc23)cc1.c1ccc(-c2nc(Nc3ccncc3)c3ccccc3n2)cc1. The molecule has 9 heteroatoms. The van der Waals surface area contributed by atoms with Gasteiger partial charge in [-0.3, -0.25) is 9.97 Å². The van der Waals surface area contributed by atoms with Gasteiger partial charge < -0.3 is 15.0 Å². The van der Waals surface area contributed by atoms with Crippen LogP contribution < -0.4 is 15.0 Å². The molecule has 0 aliphatic heterocycles. The summed E-state index contributed by atoms with van der Waals surface area (Å²) in [6.45, 7) is 0.642. The molecule has 4 heterocycles. The van der Waals surface area contributed by atoms with Crippen molar-refractivity contribution in [3.63, 3.8) is 0 Å². The van der Waals surface area contributed by atoms with Crippen LogP contribution in [0.1, 0.15) is 5.56 Å². The van der Waals surface area contributed by atoms with E-state index in [1.54, 1.807) is 31.9 Å². The summed E-state index contributed by atoms with van der Waals surface area (Å²) in [6.07, 6.45) is 7.11. The molecule has 9 rings (SSSR count). The van der Waals surface area contributed by atoms with Gasteiger partial charge >= 0.3 is 0 Å². The van der Waals surface area contributed by atoms with Gasteiger partial charge in [0, 0.05) is 64.6 Å². The predicted molar refractivity (Wildman–Crippen MR) is 221 cm³/mol. The monoisotopic (exact) mass is 716 g/mol. The topological polar surface area (TPSA) is 102 Å². The molecule has 0 saturated heterocycles. The molecule has 266 valence electrons. The van der Waals surface area contributed by atoms with Gasteiger partial charge in [-0.2, -0.15) is 0 Å². The lowest BCUT2D eigenvalue weighted by molar-refractivity contribution is 0.414. The van der Waals surface area contributed by atoms with Gasteiger partial charge in [0.15, 0.2) is 11.6 Å². The molecule has 0 aliphatic rings. The maximum absolute atomic E-state index is 5.32. The summed E-state index contributed by atoms with van der Waals surface area (Å²) in [5, 5.41) is 5.35. The summed E-state index contributed by atoms with van der Waals surface area (Å²) >= 11 is 0. The first-order chi connectivity index (χ1) is 27.2. The summed E-state index contributed by atoms with van der Waals surface area (Å²) < 4.78 is 5.32. The van der Waals surface area contributed by atoms with Crippen molar-refractivity contribution < 1.29 is 4.74 Å². The fourth-order valence-electron chi connectivity index (χ4n) is 6.17. The van der Waals surface area contributed by atoms with Crippen LogP contribution in [-0.4, -0.2) is 37.0 Å². The van der Waals surface area contributed by atoms with Crippen molar-refractivity contribution in [3.8, 4) is 28.5 Å². The number of fused-ring (bicyclic) bond motifs is 2. The highest BCUT2D eigenvalue weighted by molar-refractivity contribution is 5.93. The Morgan fingerprint density at radius 3 is 1.65 bits per heavy atom. The highest BCUT2D eigenvalue weighted by Crippen LogP contribution is 2.34. The fraction of sp³-hybridized carbons (Fsp3) is 0.0435. The molecule has 9 aromatic rings. The van der Waals surface area contributed by atoms with Crippen LogP contribution in [0.2, 0.25) is 0 Å². The number of para-hydroxylation sites is 2. The number of pyridine rings is 2. The Morgan fingerprint density at radius 1 is 0.509 bits per heavy atom. The molecule has 0 radical (unpaired) electrons. The normalized spacial score (nSPS) is 10.7. The van der Waals surface area contributed by atoms with Crippen LogP contribution in [-0.2, 0) is 6.54 Å². The van der Waals surface area contributed by atoms with E-state index in [1.165, 1.54) is 0 Å². The zero-order valence-corrected chi connectivity index (χ0v) is 30.1. The molecule has 0 spiro atoms. The number of anilines is 4. The van der Waals surface area contributed by atoms with E-state index in [9.17, 15) is 0 Å². The van der Waals surface area contributed by atoms with Crippen LogP contribution in [0.4, 0.5) is 23.0 Å². The molecule has 0 saturated carbocycles. The van der Waals surface area contributed by atoms with Crippen LogP contribution in [0.15, 0.2) is 183 Å². The Labute approximate surface area is 319 Å². The minimum Gasteiger partial charge on any atom is -0.497 e. The Bertz CT molecular complexity index is 2630. The molecule has 0 unspecified atom stereocenters. The molecule has 0 bridgehead atoms. The molecule has 0 fully saturated rings. The molecule has 1 N–H and O–H groups in total. The average molecular weight is 717 g/mol. The highest BCUT2D eigenvalue weighted by atomic mass is 16.5. The second kappa shape index (κ2) is 16.4. The maximum atomic E-state index is 5.32. The Balaban J connectivity index is 0.000000164. The Kier molecular flexibility index (Phi) is 10.3. The summed E-state index contributed by atoms with van der Waals surface area (Å²) in [5.41, 5.74) is 6.91. The van der Waals surface area contributed by atoms with Crippen LogP contribution in [0.25, 0.3) is 44.6 Å². The Hall–Kier alpha value is -7.52. The van der Waals surface area contributed by atoms with Crippen molar-refractivity contribution in [1.82, 2.24) is 29.9 Å². The zero-order chi connectivity index (χ0) is 37.2. The summed E-state index contributed by atoms with van der Waals surface area (Å²) in [4.78, 5) is 29.8. The third-order valence-electron chi connectivity index (χ3n) is 8.92. The van der Waals surface area contributed by atoms with E-state index in [2.05, 4.69) is 43.4 Å². The van der Waals surface area contributed by atoms with E-state index in [1.807, 2.05) is 140 Å². The number of benzene rings is 5. The lowest BCUT2D eigenvalue weighted by Gasteiger charge is -2.26. The van der Waals surface area contributed by atoms with Crippen molar-refractivity contribution >= 4 is 44.8 Å². The van der Waals surface area contributed by atoms with E-state index < -0.39 is 0 Å². The van der Waals surface area contributed by atoms with Gasteiger partial charge in [-0.1, -0.05) is 97.1 Å². The first-order valence-corrected chi connectivity index (χ1v) is 17.8. The van der Waals surface area contributed by atoms with Gasteiger partial charge in [-0.05, 0) is 66.2 Å². The van der Waals surface area contributed by atoms with E-state index >= 15 is 0 Å². The van der Waals surface area contributed by atoms with E-state index in [0.717, 1.165) is 67.3 Å². The van der Waals surface area contributed by atoms with Gasteiger partial charge in [0.2, 0.25) is 0 Å². The molecule has 5 aromatic carbocycles. The van der Waals surface area contributed by atoms with Gasteiger partial charge in [0.05, 0.1) is 18.1 Å². The number of hydrogen-bond acceptors (Lipinski definition) is 9.